The highest BCUT2D eigenvalue weighted by Gasteiger charge is 2.28. The van der Waals surface area contributed by atoms with Gasteiger partial charge in [0.25, 0.3) is 0 Å². The maximum atomic E-state index is 6.30. The number of allylic oxidation sites excluding steroid dienone is 1. The second-order valence-corrected chi connectivity index (χ2v) is 11.9. The van der Waals surface area contributed by atoms with E-state index in [2.05, 4.69) is 115 Å². The lowest BCUT2D eigenvalue weighted by molar-refractivity contribution is 0.595. The highest BCUT2D eigenvalue weighted by Crippen LogP contribution is 2.45. The fourth-order valence-corrected chi connectivity index (χ4v) is 7.33. The van der Waals surface area contributed by atoms with Crippen LogP contribution in [0.25, 0.3) is 83.0 Å². The first kappa shape index (κ1) is 24.6. The molecule has 0 bridgehead atoms. The molecule has 5 aromatic carbocycles. The predicted octanol–water partition coefficient (Wildman–Crippen LogP) is 10.5. The fourth-order valence-electron chi connectivity index (χ4n) is 7.33. The first-order chi connectivity index (χ1) is 22.3. The van der Waals surface area contributed by atoms with E-state index < -0.39 is 0 Å². The number of furan rings is 1. The Morgan fingerprint density at radius 2 is 1.36 bits per heavy atom. The van der Waals surface area contributed by atoms with Gasteiger partial charge in [-0.25, -0.2) is 9.97 Å². The Hall–Kier alpha value is -5.87. The van der Waals surface area contributed by atoms with E-state index in [1.54, 1.807) is 0 Å². The molecule has 45 heavy (non-hydrogen) atoms. The lowest BCUT2D eigenvalue weighted by Gasteiger charge is -2.26. The van der Waals surface area contributed by atoms with Crippen molar-refractivity contribution in [2.45, 2.75) is 6.04 Å². The molecule has 3 aromatic heterocycles. The van der Waals surface area contributed by atoms with E-state index in [0.717, 1.165) is 61.1 Å². The van der Waals surface area contributed by atoms with Crippen LogP contribution in [0.2, 0.25) is 0 Å². The zero-order valence-corrected chi connectivity index (χ0v) is 24.2. The van der Waals surface area contributed by atoms with E-state index in [9.17, 15) is 0 Å². The van der Waals surface area contributed by atoms with Crippen LogP contribution in [-0.2, 0) is 0 Å². The third-order valence-electron chi connectivity index (χ3n) is 9.39. The average molecular weight is 576 g/mol. The van der Waals surface area contributed by atoms with Gasteiger partial charge in [-0.05, 0) is 74.6 Å². The predicted molar refractivity (Wildman–Crippen MR) is 186 cm³/mol. The van der Waals surface area contributed by atoms with E-state index in [-0.39, 0.29) is 12.0 Å². The Morgan fingerprint density at radius 1 is 0.600 bits per heavy atom. The van der Waals surface area contributed by atoms with E-state index in [1.165, 1.54) is 27.1 Å². The summed E-state index contributed by atoms with van der Waals surface area (Å²) in [5.74, 6) is 0.238. The number of benzene rings is 5. The van der Waals surface area contributed by atoms with Crippen molar-refractivity contribution in [1.29, 1.82) is 0 Å². The van der Waals surface area contributed by atoms with Gasteiger partial charge in [0.15, 0.2) is 5.58 Å². The standard InChI is InChI=1S/C41H25N3O/c1-6-14-33-26(8-1)23-36-41(43-33)32-22-27(18-20-35(32)45-36)37-28-10-2-4-12-30(28)38(31-13-5-3-11-29(31)37)34-19-17-25-16-15-24-9-7-21-42-39(24)40(25)44-34/h1-24,39H. The number of pyridine rings is 2. The molecule has 0 fully saturated rings. The molecule has 0 spiro atoms. The van der Waals surface area contributed by atoms with Gasteiger partial charge in [0.1, 0.15) is 17.1 Å². The third-order valence-corrected chi connectivity index (χ3v) is 9.39. The lowest BCUT2D eigenvalue weighted by Crippen LogP contribution is -2.16. The van der Waals surface area contributed by atoms with Crippen molar-refractivity contribution >= 4 is 66.8 Å². The van der Waals surface area contributed by atoms with Gasteiger partial charge in [-0.1, -0.05) is 97.1 Å². The smallest absolute Gasteiger partial charge is 0.154 e. The van der Waals surface area contributed by atoms with Crippen molar-refractivity contribution in [3.05, 3.63) is 139 Å². The van der Waals surface area contributed by atoms with Crippen LogP contribution in [-0.4, -0.2) is 16.2 Å². The molecular formula is C41H25N3O. The number of aliphatic imine (C=N–C) groups is 1. The van der Waals surface area contributed by atoms with Gasteiger partial charge in [0, 0.05) is 28.5 Å². The van der Waals surface area contributed by atoms with Gasteiger partial charge in [0.2, 0.25) is 0 Å². The summed E-state index contributed by atoms with van der Waals surface area (Å²) in [6.07, 6.45) is 10.6. The van der Waals surface area contributed by atoms with Crippen molar-refractivity contribution in [2.75, 3.05) is 0 Å². The molecule has 1 aliphatic carbocycles. The minimum Gasteiger partial charge on any atom is -0.454 e. The minimum absolute atomic E-state index is 0.00833. The van der Waals surface area contributed by atoms with Gasteiger partial charge < -0.3 is 4.42 Å². The molecule has 2 aliphatic rings. The van der Waals surface area contributed by atoms with Crippen molar-refractivity contribution in [1.82, 2.24) is 9.97 Å². The summed E-state index contributed by atoms with van der Waals surface area (Å²) in [4.78, 5) is 15.2. The number of para-hydroxylation sites is 1. The van der Waals surface area contributed by atoms with Crippen molar-refractivity contribution in [3.8, 4) is 22.4 Å². The first-order valence-corrected chi connectivity index (χ1v) is 15.4. The van der Waals surface area contributed by atoms with E-state index >= 15 is 0 Å². The number of fused-ring (bicyclic) bond motifs is 9. The summed E-state index contributed by atoms with van der Waals surface area (Å²) in [5, 5.41) is 6.82. The highest BCUT2D eigenvalue weighted by atomic mass is 16.3. The number of dihydropyridines is 1. The number of aromatic nitrogens is 2. The number of hydrogen-bond donors (Lipinski definition) is 0. The first-order valence-electron chi connectivity index (χ1n) is 15.4. The molecule has 4 heterocycles. The van der Waals surface area contributed by atoms with Crippen LogP contribution in [0.1, 0.15) is 17.3 Å². The molecule has 0 saturated heterocycles. The van der Waals surface area contributed by atoms with E-state index in [0.29, 0.717) is 0 Å². The lowest BCUT2D eigenvalue weighted by atomic mass is 9.85. The van der Waals surface area contributed by atoms with Crippen LogP contribution in [0.5, 0.6) is 0 Å². The molecule has 0 radical (unpaired) electrons. The minimum atomic E-state index is 0.00833. The Kier molecular flexibility index (Phi) is 5.08. The van der Waals surface area contributed by atoms with Gasteiger partial charge >= 0.3 is 0 Å². The topological polar surface area (TPSA) is 51.3 Å². The van der Waals surface area contributed by atoms with Crippen LogP contribution in [0, 0.1) is 5.92 Å². The summed E-state index contributed by atoms with van der Waals surface area (Å²) >= 11 is 0. The van der Waals surface area contributed by atoms with Gasteiger partial charge in [0.05, 0.1) is 16.9 Å². The Bertz CT molecular complexity index is 2570. The fraction of sp³-hybridized carbons (Fsp3) is 0.0488. The van der Waals surface area contributed by atoms with Gasteiger partial charge in [-0.2, -0.15) is 0 Å². The van der Waals surface area contributed by atoms with E-state index in [1.807, 2.05) is 24.4 Å². The quantitative estimate of drug-likeness (QED) is 0.193. The molecule has 2 unspecified atom stereocenters. The molecule has 10 rings (SSSR count). The summed E-state index contributed by atoms with van der Waals surface area (Å²) in [7, 11) is 0. The molecule has 0 amide bonds. The van der Waals surface area contributed by atoms with E-state index in [4.69, 9.17) is 19.4 Å². The summed E-state index contributed by atoms with van der Waals surface area (Å²) < 4.78 is 6.30. The third kappa shape index (κ3) is 3.63. The summed E-state index contributed by atoms with van der Waals surface area (Å²) in [6, 6.07) is 38.6. The second-order valence-electron chi connectivity index (χ2n) is 11.9. The Balaban J connectivity index is 1.23. The van der Waals surface area contributed by atoms with Gasteiger partial charge in [-0.3, -0.25) is 4.99 Å². The van der Waals surface area contributed by atoms with Crippen LogP contribution < -0.4 is 0 Å². The molecule has 4 heteroatoms. The molecule has 4 nitrogen and oxygen atoms in total. The SMILES string of the molecule is C1=CC2C=Cc3ccc(-c4c5ccccc5c(-c5ccc6oc7cc8ccccc8nc7c6c5)c5ccccc45)nc3C2N=C1. The number of rotatable bonds is 2. The van der Waals surface area contributed by atoms with Crippen molar-refractivity contribution in [3.63, 3.8) is 0 Å². The van der Waals surface area contributed by atoms with Crippen molar-refractivity contribution < 1.29 is 4.42 Å². The number of hydrogen-bond acceptors (Lipinski definition) is 4. The Morgan fingerprint density at radius 3 is 2.18 bits per heavy atom. The molecule has 0 saturated carbocycles. The molecule has 0 N–H and O–H groups in total. The summed E-state index contributed by atoms with van der Waals surface area (Å²) in [5.41, 5.74) is 10.1. The van der Waals surface area contributed by atoms with Crippen LogP contribution in [0.15, 0.2) is 137 Å². The normalized spacial score (nSPS) is 17.1. The Labute approximate surface area is 258 Å². The monoisotopic (exact) mass is 575 g/mol. The van der Waals surface area contributed by atoms with Gasteiger partial charge in [-0.15, -0.1) is 0 Å². The zero-order valence-electron chi connectivity index (χ0n) is 24.2. The molecule has 2 atom stereocenters. The van der Waals surface area contributed by atoms with Crippen LogP contribution >= 0.6 is 0 Å². The molecule has 8 aromatic rings. The molecule has 1 aliphatic heterocycles. The van der Waals surface area contributed by atoms with Crippen LogP contribution in [0.3, 0.4) is 0 Å². The molecular weight excluding hydrogens is 550 g/mol. The zero-order chi connectivity index (χ0) is 29.5. The average Bonchev–Trinajstić information content (AvgIpc) is 3.45. The number of nitrogens with zero attached hydrogens (tertiary/aromatic N) is 3. The van der Waals surface area contributed by atoms with Crippen molar-refractivity contribution in [2.24, 2.45) is 10.9 Å². The largest absolute Gasteiger partial charge is 0.454 e. The summed E-state index contributed by atoms with van der Waals surface area (Å²) in [6.45, 7) is 0. The maximum absolute atomic E-state index is 6.30. The second kappa shape index (κ2) is 9.31. The van der Waals surface area contributed by atoms with Crippen LogP contribution in [0.4, 0.5) is 0 Å². The highest BCUT2D eigenvalue weighted by molar-refractivity contribution is 6.22. The maximum Gasteiger partial charge on any atom is 0.154 e. The molecule has 210 valence electrons.